The van der Waals surface area contributed by atoms with Crippen LogP contribution in [0.5, 0.6) is 0 Å². The highest BCUT2D eigenvalue weighted by Gasteiger charge is 2.23. The number of likely N-dealkylation sites (tertiary alicyclic amines) is 1. The molecule has 3 aromatic heterocycles. The van der Waals surface area contributed by atoms with Crippen LogP contribution in [-0.2, 0) is 7.05 Å². The molecule has 2 aliphatic rings. The number of carbonyl (C=O) groups is 1. The summed E-state index contributed by atoms with van der Waals surface area (Å²) in [7, 11) is 4.06. The van der Waals surface area contributed by atoms with Crippen molar-refractivity contribution in [1.82, 2.24) is 29.2 Å². The fraction of sp³-hybridized carbons (Fsp3) is 0.429. The summed E-state index contributed by atoms with van der Waals surface area (Å²) in [6.07, 6.45) is 12.3. The zero-order chi connectivity index (χ0) is 24.6. The van der Waals surface area contributed by atoms with E-state index in [1.165, 1.54) is 31.2 Å². The smallest absolute Gasteiger partial charge is 0.280 e. The lowest BCUT2D eigenvalue weighted by Gasteiger charge is -2.29. The predicted octanol–water partition coefficient (Wildman–Crippen LogP) is 4.43. The Morgan fingerprint density at radius 2 is 1.86 bits per heavy atom. The van der Waals surface area contributed by atoms with Gasteiger partial charge in [-0.05, 0) is 81.6 Å². The minimum absolute atomic E-state index is 0.267. The summed E-state index contributed by atoms with van der Waals surface area (Å²) in [6, 6.07) is 10.7. The molecule has 8 heteroatoms. The number of carbonyl (C=O) groups excluding carboxylic acids is 1. The summed E-state index contributed by atoms with van der Waals surface area (Å²) in [5.74, 6) is 0.315. The van der Waals surface area contributed by atoms with Crippen LogP contribution < -0.4 is 5.62 Å². The molecule has 0 spiro atoms. The molecule has 4 heterocycles. The molecule has 1 aliphatic heterocycles. The summed E-state index contributed by atoms with van der Waals surface area (Å²) in [4.78, 5) is 28.3. The number of piperidine rings is 1. The molecule has 186 valence electrons. The number of aromatic nitrogens is 5. The van der Waals surface area contributed by atoms with Gasteiger partial charge in [0.1, 0.15) is 0 Å². The van der Waals surface area contributed by atoms with E-state index in [-0.39, 0.29) is 5.91 Å². The Balaban J connectivity index is 1.39. The van der Waals surface area contributed by atoms with E-state index in [0.29, 0.717) is 28.8 Å². The SMILES string of the molecule is CN1CCC(c2ccc3c(c2)[nH]/c(=N\C(=O)c2ccnc(-c4cnn(C)c4)c2)n3C2CCCC2)CC1. The van der Waals surface area contributed by atoms with Gasteiger partial charge in [0.05, 0.1) is 22.9 Å². The largest absolute Gasteiger partial charge is 0.324 e. The summed E-state index contributed by atoms with van der Waals surface area (Å²) in [6.45, 7) is 2.27. The molecule has 1 aromatic carbocycles. The Labute approximate surface area is 210 Å². The first-order valence-electron chi connectivity index (χ1n) is 13.0. The van der Waals surface area contributed by atoms with Gasteiger partial charge in [0.15, 0.2) is 0 Å². The van der Waals surface area contributed by atoms with Gasteiger partial charge in [-0.15, -0.1) is 0 Å². The van der Waals surface area contributed by atoms with Gasteiger partial charge in [0, 0.05) is 36.6 Å². The minimum Gasteiger partial charge on any atom is -0.324 e. The van der Waals surface area contributed by atoms with Crippen molar-refractivity contribution >= 4 is 16.9 Å². The molecular formula is C28H33N7O. The van der Waals surface area contributed by atoms with E-state index in [1.807, 2.05) is 13.2 Å². The number of H-pyrrole nitrogens is 1. The molecule has 0 bridgehead atoms. The molecule has 1 amide bonds. The third kappa shape index (κ3) is 4.41. The van der Waals surface area contributed by atoms with Crippen LogP contribution in [0.15, 0.2) is 53.9 Å². The lowest BCUT2D eigenvalue weighted by Crippen LogP contribution is -2.29. The number of aryl methyl sites for hydroxylation is 1. The summed E-state index contributed by atoms with van der Waals surface area (Å²) < 4.78 is 3.99. The summed E-state index contributed by atoms with van der Waals surface area (Å²) in [5, 5.41) is 4.22. The van der Waals surface area contributed by atoms with Gasteiger partial charge in [0.25, 0.3) is 5.91 Å². The second kappa shape index (κ2) is 9.50. The van der Waals surface area contributed by atoms with E-state index in [4.69, 9.17) is 0 Å². The topological polar surface area (TPSA) is 84.1 Å². The van der Waals surface area contributed by atoms with Crippen molar-refractivity contribution < 1.29 is 4.79 Å². The van der Waals surface area contributed by atoms with Gasteiger partial charge < -0.3 is 14.5 Å². The predicted molar refractivity (Wildman–Crippen MR) is 140 cm³/mol. The molecule has 6 rings (SSSR count). The van der Waals surface area contributed by atoms with Crippen molar-refractivity contribution in [2.45, 2.75) is 50.5 Å². The van der Waals surface area contributed by atoms with Crippen molar-refractivity contribution in [2.75, 3.05) is 20.1 Å². The third-order valence-corrected chi connectivity index (χ3v) is 7.85. The van der Waals surface area contributed by atoms with Crippen LogP contribution in [0.2, 0.25) is 0 Å². The lowest BCUT2D eigenvalue weighted by molar-refractivity contribution is 0.0996. The Hall–Kier alpha value is -3.52. The van der Waals surface area contributed by atoms with E-state index in [9.17, 15) is 4.79 Å². The zero-order valence-electron chi connectivity index (χ0n) is 21.0. The Morgan fingerprint density at radius 1 is 1.06 bits per heavy atom. The number of benzene rings is 1. The number of nitrogens with one attached hydrogen (secondary N) is 1. The monoisotopic (exact) mass is 483 g/mol. The van der Waals surface area contributed by atoms with Crippen LogP contribution in [0.25, 0.3) is 22.3 Å². The first-order chi connectivity index (χ1) is 17.5. The average molecular weight is 484 g/mol. The number of nitrogens with zero attached hydrogens (tertiary/aromatic N) is 6. The average Bonchev–Trinajstić information content (AvgIpc) is 3.64. The van der Waals surface area contributed by atoms with E-state index < -0.39 is 0 Å². The normalized spacial score (nSPS) is 18.4. The Kier molecular flexibility index (Phi) is 6.05. The molecule has 1 saturated heterocycles. The summed E-state index contributed by atoms with van der Waals surface area (Å²) in [5.41, 5.74) is 6.33. The van der Waals surface area contributed by atoms with E-state index in [0.717, 1.165) is 42.5 Å². The zero-order valence-corrected chi connectivity index (χ0v) is 21.0. The van der Waals surface area contributed by atoms with E-state index in [2.05, 4.69) is 54.8 Å². The third-order valence-electron chi connectivity index (χ3n) is 7.85. The van der Waals surface area contributed by atoms with Crippen LogP contribution in [0.4, 0.5) is 0 Å². The molecule has 0 radical (unpaired) electrons. The molecule has 36 heavy (non-hydrogen) atoms. The summed E-state index contributed by atoms with van der Waals surface area (Å²) >= 11 is 0. The van der Waals surface area contributed by atoms with Gasteiger partial charge in [-0.2, -0.15) is 10.1 Å². The maximum Gasteiger partial charge on any atom is 0.280 e. The van der Waals surface area contributed by atoms with Gasteiger partial charge in [-0.3, -0.25) is 14.5 Å². The maximum atomic E-state index is 13.3. The number of rotatable bonds is 4. The fourth-order valence-electron chi connectivity index (χ4n) is 5.80. The second-order valence-corrected chi connectivity index (χ2v) is 10.4. The van der Waals surface area contributed by atoms with Crippen LogP contribution in [-0.4, -0.2) is 55.3 Å². The molecule has 0 unspecified atom stereocenters. The molecule has 8 nitrogen and oxygen atoms in total. The van der Waals surface area contributed by atoms with Gasteiger partial charge in [-0.25, -0.2) is 0 Å². The lowest BCUT2D eigenvalue weighted by atomic mass is 9.89. The maximum absolute atomic E-state index is 13.3. The number of amides is 1. The molecule has 0 atom stereocenters. The molecule has 2 fully saturated rings. The molecule has 1 N–H and O–H groups in total. The number of fused-ring (bicyclic) bond motifs is 1. The van der Waals surface area contributed by atoms with Crippen molar-refractivity contribution in [1.29, 1.82) is 0 Å². The number of aromatic amines is 1. The highest BCUT2D eigenvalue weighted by molar-refractivity contribution is 5.95. The first kappa shape index (κ1) is 22.9. The van der Waals surface area contributed by atoms with Crippen LogP contribution in [0.1, 0.15) is 66.4 Å². The number of imidazole rings is 1. The molecular weight excluding hydrogens is 450 g/mol. The quantitative estimate of drug-likeness (QED) is 0.465. The van der Waals surface area contributed by atoms with Gasteiger partial charge >= 0.3 is 0 Å². The molecule has 1 saturated carbocycles. The number of pyridine rings is 1. The fourth-order valence-corrected chi connectivity index (χ4v) is 5.80. The Morgan fingerprint density at radius 3 is 2.61 bits per heavy atom. The highest BCUT2D eigenvalue weighted by atomic mass is 16.1. The van der Waals surface area contributed by atoms with Crippen LogP contribution >= 0.6 is 0 Å². The Bertz CT molecular complexity index is 1460. The van der Waals surface area contributed by atoms with E-state index >= 15 is 0 Å². The second-order valence-electron chi connectivity index (χ2n) is 10.4. The first-order valence-corrected chi connectivity index (χ1v) is 13.0. The molecule has 1 aliphatic carbocycles. The van der Waals surface area contributed by atoms with Crippen molar-refractivity contribution in [3.63, 3.8) is 0 Å². The van der Waals surface area contributed by atoms with Crippen LogP contribution in [0, 0.1) is 0 Å². The van der Waals surface area contributed by atoms with E-state index in [1.54, 1.807) is 29.2 Å². The van der Waals surface area contributed by atoms with Gasteiger partial charge in [-0.1, -0.05) is 18.9 Å². The van der Waals surface area contributed by atoms with Crippen molar-refractivity contribution in [2.24, 2.45) is 12.0 Å². The van der Waals surface area contributed by atoms with Crippen LogP contribution in [0.3, 0.4) is 0 Å². The highest BCUT2D eigenvalue weighted by Crippen LogP contribution is 2.33. The van der Waals surface area contributed by atoms with Gasteiger partial charge in [0.2, 0.25) is 5.62 Å². The number of hydrogen-bond acceptors (Lipinski definition) is 4. The van der Waals surface area contributed by atoms with Crippen molar-refractivity contribution in [3.8, 4) is 11.3 Å². The number of hydrogen-bond donors (Lipinski definition) is 1. The molecule has 4 aromatic rings. The van der Waals surface area contributed by atoms with Crippen molar-refractivity contribution in [3.05, 3.63) is 65.7 Å². The minimum atomic E-state index is -0.267. The standard InChI is InChI=1S/C28H33N7O/c1-33-13-10-19(11-14-33)20-7-8-26-25(15-20)31-28(35(26)23-5-3-4-6-23)32-27(36)21-9-12-29-24(16-21)22-17-30-34(2)18-22/h7-9,12,15-19,23H,3-6,10-11,13-14H2,1-2H3,(H,31,32,36).